The van der Waals surface area contributed by atoms with Gasteiger partial charge in [-0.2, -0.15) is 0 Å². The van der Waals surface area contributed by atoms with Gasteiger partial charge < -0.3 is 4.74 Å². The van der Waals surface area contributed by atoms with Gasteiger partial charge in [-0.3, -0.25) is 0 Å². The van der Waals surface area contributed by atoms with E-state index in [0.717, 1.165) is 24.5 Å². The van der Waals surface area contributed by atoms with Gasteiger partial charge in [-0.1, -0.05) is 12.1 Å². The molecule has 3 rings (SSSR count). The normalized spacial score (nSPS) is 13.7. The zero-order chi connectivity index (χ0) is 10.3. The van der Waals surface area contributed by atoms with Crippen LogP contribution in [0.2, 0.25) is 0 Å². The molecular formula is C12H11NOS. The van der Waals surface area contributed by atoms with Crippen molar-refractivity contribution in [2.24, 2.45) is 0 Å². The van der Waals surface area contributed by atoms with Crippen LogP contribution in [-0.4, -0.2) is 11.6 Å². The van der Waals surface area contributed by atoms with Crippen molar-refractivity contribution in [2.75, 3.05) is 6.61 Å². The van der Waals surface area contributed by atoms with Gasteiger partial charge >= 0.3 is 0 Å². The molecule has 0 spiro atoms. The summed E-state index contributed by atoms with van der Waals surface area (Å²) in [7, 11) is 0. The van der Waals surface area contributed by atoms with Crippen molar-refractivity contribution in [3.63, 3.8) is 0 Å². The van der Waals surface area contributed by atoms with Gasteiger partial charge in [0.05, 0.1) is 22.7 Å². The van der Waals surface area contributed by atoms with Crippen molar-refractivity contribution in [2.45, 2.75) is 13.3 Å². The number of rotatable bonds is 1. The quantitative estimate of drug-likeness (QED) is 0.732. The van der Waals surface area contributed by atoms with E-state index in [4.69, 9.17) is 4.74 Å². The number of fused-ring (bicyclic) bond motifs is 1. The number of aromatic nitrogens is 1. The summed E-state index contributed by atoms with van der Waals surface area (Å²) in [5, 5.41) is 0. The third kappa shape index (κ3) is 1.43. The molecule has 0 saturated heterocycles. The Bertz CT molecular complexity index is 504. The Hall–Kier alpha value is -1.35. The van der Waals surface area contributed by atoms with Gasteiger partial charge in [0.15, 0.2) is 0 Å². The summed E-state index contributed by atoms with van der Waals surface area (Å²) >= 11 is 1.68. The molecule has 0 unspecified atom stereocenters. The van der Waals surface area contributed by atoms with Crippen molar-refractivity contribution in [3.05, 3.63) is 35.0 Å². The molecule has 0 atom stereocenters. The fraction of sp³-hybridized carbons (Fsp3) is 0.250. The Morgan fingerprint density at radius 3 is 3.13 bits per heavy atom. The lowest BCUT2D eigenvalue weighted by atomic mass is 10.1. The highest BCUT2D eigenvalue weighted by molar-refractivity contribution is 7.13. The summed E-state index contributed by atoms with van der Waals surface area (Å²) in [5.74, 6) is 1.04. The third-order valence-corrected chi connectivity index (χ3v) is 3.68. The number of ether oxygens (including phenoxy) is 1. The summed E-state index contributed by atoms with van der Waals surface area (Å²) < 4.78 is 5.56. The number of aryl methyl sites for hydroxylation is 1. The molecule has 3 heteroatoms. The van der Waals surface area contributed by atoms with Crippen molar-refractivity contribution in [1.82, 2.24) is 4.98 Å². The van der Waals surface area contributed by atoms with Gasteiger partial charge in [0, 0.05) is 6.42 Å². The Kier molecular flexibility index (Phi) is 1.99. The Morgan fingerprint density at radius 1 is 1.40 bits per heavy atom. The highest BCUT2D eigenvalue weighted by Gasteiger charge is 2.13. The van der Waals surface area contributed by atoms with Crippen LogP contribution in [0.3, 0.4) is 0 Å². The van der Waals surface area contributed by atoms with Gasteiger partial charge in [0.2, 0.25) is 0 Å². The molecule has 0 bridgehead atoms. The lowest BCUT2D eigenvalue weighted by Gasteiger charge is -2.02. The number of nitrogens with zero attached hydrogens (tertiary/aromatic N) is 1. The molecule has 0 radical (unpaired) electrons. The molecule has 0 saturated carbocycles. The standard InChI is InChI=1S/C12H11NOS/c1-8-12(15-7-13-8)10-3-2-9-4-5-14-11(9)6-10/h2-3,6-7H,4-5H2,1H3. The van der Waals surface area contributed by atoms with Gasteiger partial charge in [0.25, 0.3) is 0 Å². The second-order valence-electron chi connectivity index (χ2n) is 3.69. The van der Waals surface area contributed by atoms with Crippen molar-refractivity contribution in [1.29, 1.82) is 0 Å². The maximum atomic E-state index is 5.56. The molecule has 2 heterocycles. The van der Waals surface area contributed by atoms with Crippen molar-refractivity contribution in [3.8, 4) is 16.2 Å². The molecule has 0 aliphatic carbocycles. The molecule has 0 amide bonds. The first-order valence-electron chi connectivity index (χ1n) is 5.01. The molecule has 0 fully saturated rings. The molecule has 2 aromatic rings. The number of hydrogen-bond donors (Lipinski definition) is 0. The molecule has 0 N–H and O–H groups in total. The molecule has 2 nitrogen and oxygen atoms in total. The third-order valence-electron chi connectivity index (χ3n) is 2.70. The lowest BCUT2D eigenvalue weighted by Crippen LogP contribution is -1.86. The average Bonchev–Trinajstić information content (AvgIpc) is 2.84. The molecule has 1 aliphatic rings. The van der Waals surface area contributed by atoms with Crippen LogP contribution in [0.15, 0.2) is 23.7 Å². The SMILES string of the molecule is Cc1ncsc1-c1ccc2c(c1)OCC2. The second-order valence-corrected chi connectivity index (χ2v) is 4.54. The van der Waals surface area contributed by atoms with Gasteiger partial charge in [0.1, 0.15) is 5.75 Å². The number of thiazole rings is 1. The van der Waals surface area contributed by atoms with E-state index < -0.39 is 0 Å². The van der Waals surface area contributed by atoms with Crippen molar-refractivity contribution >= 4 is 11.3 Å². The first kappa shape index (κ1) is 8.92. The minimum absolute atomic E-state index is 0.820. The maximum Gasteiger partial charge on any atom is 0.123 e. The maximum absolute atomic E-state index is 5.56. The van der Waals surface area contributed by atoms with E-state index in [9.17, 15) is 0 Å². The summed E-state index contributed by atoms with van der Waals surface area (Å²) in [6.45, 7) is 2.86. The lowest BCUT2D eigenvalue weighted by molar-refractivity contribution is 0.357. The highest BCUT2D eigenvalue weighted by Crippen LogP contribution is 2.33. The average molecular weight is 217 g/mol. The number of hydrogen-bond acceptors (Lipinski definition) is 3. The fourth-order valence-corrected chi connectivity index (χ4v) is 2.69. The van der Waals surface area contributed by atoms with Crippen molar-refractivity contribution < 1.29 is 4.74 Å². The summed E-state index contributed by atoms with van der Waals surface area (Å²) in [5.41, 5.74) is 5.52. The molecule has 1 aromatic carbocycles. The molecule has 15 heavy (non-hydrogen) atoms. The Labute approximate surface area is 92.6 Å². The predicted molar refractivity (Wildman–Crippen MR) is 61.5 cm³/mol. The first-order chi connectivity index (χ1) is 7.34. The monoisotopic (exact) mass is 217 g/mol. The summed E-state index contributed by atoms with van der Waals surface area (Å²) in [4.78, 5) is 5.51. The predicted octanol–water partition coefficient (Wildman–Crippen LogP) is 3.05. The van der Waals surface area contributed by atoms with Crippen LogP contribution >= 0.6 is 11.3 Å². The first-order valence-corrected chi connectivity index (χ1v) is 5.89. The second kappa shape index (κ2) is 3.35. The van der Waals surface area contributed by atoms with E-state index >= 15 is 0 Å². The van der Waals surface area contributed by atoms with Crippen LogP contribution in [0.5, 0.6) is 5.75 Å². The van der Waals surface area contributed by atoms with Crippen LogP contribution in [-0.2, 0) is 6.42 Å². The van der Waals surface area contributed by atoms with Crippen LogP contribution < -0.4 is 4.74 Å². The van der Waals surface area contributed by atoms with E-state index in [2.05, 4.69) is 23.2 Å². The number of benzene rings is 1. The highest BCUT2D eigenvalue weighted by atomic mass is 32.1. The zero-order valence-electron chi connectivity index (χ0n) is 8.49. The van der Waals surface area contributed by atoms with E-state index in [-0.39, 0.29) is 0 Å². The fourth-order valence-electron chi connectivity index (χ4n) is 1.89. The molecule has 1 aromatic heterocycles. The summed E-state index contributed by atoms with van der Waals surface area (Å²) in [6, 6.07) is 6.45. The topological polar surface area (TPSA) is 22.1 Å². The minimum atomic E-state index is 0.820. The summed E-state index contributed by atoms with van der Waals surface area (Å²) in [6.07, 6.45) is 1.04. The Morgan fingerprint density at radius 2 is 2.33 bits per heavy atom. The van der Waals surface area contributed by atoms with Gasteiger partial charge in [-0.15, -0.1) is 11.3 Å². The molecular weight excluding hydrogens is 206 g/mol. The van der Waals surface area contributed by atoms with Crippen LogP contribution in [0, 0.1) is 6.92 Å². The Balaban J connectivity index is 2.11. The van der Waals surface area contributed by atoms with Gasteiger partial charge in [-0.25, -0.2) is 4.98 Å². The van der Waals surface area contributed by atoms with Crippen LogP contribution in [0.25, 0.3) is 10.4 Å². The van der Waals surface area contributed by atoms with Gasteiger partial charge in [-0.05, 0) is 24.1 Å². The molecule has 76 valence electrons. The van der Waals surface area contributed by atoms with Crippen LogP contribution in [0.4, 0.5) is 0 Å². The van der Waals surface area contributed by atoms with Crippen LogP contribution in [0.1, 0.15) is 11.3 Å². The minimum Gasteiger partial charge on any atom is -0.493 e. The van der Waals surface area contributed by atoms with E-state index in [1.807, 2.05) is 12.4 Å². The largest absolute Gasteiger partial charge is 0.493 e. The smallest absolute Gasteiger partial charge is 0.123 e. The van der Waals surface area contributed by atoms with E-state index in [1.54, 1.807) is 11.3 Å². The van der Waals surface area contributed by atoms with E-state index in [0.29, 0.717) is 0 Å². The molecule has 1 aliphatic heterocycles. The zero-order valence-corrected chi connectivity index (χ0v) is 9.30. The van der Waals surface area contributed by atoms with E-state index in [1.165, 1.54) is 16.0 Å².